The van der Waals surface area contributed by atoms with Gasteiger partial charge in [-0.05, 0) is 5.56 Å². The van der Waals surface area contributed by atoms with E-state index in [9.17, 15) is 4.79 Å². The van der Waals surface area contributed by atoms with Crippen molar-refractivity contribution in [3.8, 4) is 0 Å². The van der Waals surface area contributed by atoms with Gasteiger partial charge in [-0.3, -0.25) is 4.79 Å². The van der Waals surface area contributed by atoms with Gasteiger partial charge < -0.3 is 4.74 Å². The maximum absolute atomic E-state index is 11.0. The third-order valence-corrected chi connectivity index (χ3v) is 2.77. The minimum Gasteiger partial charge on any atom is -0.372 e. The highest BCUT2D eigenvalue weighted by atomic mass is 16.5. The molecule has 2 atom stereocenters. The van der Waals surface area contributed by atoms with Crippen molar-refractivity contribution >= 4 is 5.78 Å². The molecular weight excluding hydrogens is 176 g/mol. The summed E-state index contributed by atoms with van der Waals surface area (Å²) in [5.74, 6) is 0.418. The summed E-state index contributed by atoms with van der Waals surface area (Å²) in [5, 5.41) is 0. The van der Waals surface area contributed by atoms with Crippen LogP contribution < -0.4 is 0 Å². The van der Waals surface area contributed by atoms with Gasteiger partial charge in [0.2, 0.25) is 0 Å². The van der Waals surface area contributed by atoms with Gasteiger partial charge in [0.1, 0.15) is 5.78 Å². The van der Waals surface area contributed by atoms with Crippen molar-refractivity contribution in [3.05, 3.63) is 35.9 Å². The zero-order chi connectivity index (χ0) is 9.97. The van der Waals surface area contributed by atoms with Crippen molar-refractivity contribution in [1.29, 1.82) is 0 Å². The summed E-state index contributed by atoms with van der Waals surface area (Å²) in [6.07, 6.45) is 0.733. The average Bonchev–Trinajstić information content (AvgIpc) is 2.25. The van der Waals surface area contributed by atoms with Crippen LogP contribution in [-0.2, 0) is 16.1 Å². The van der Waals surface area contributed by atoms with E-state index in [2.05, 4.69) is 0 Å². The third-order valence-electron chi connectivity index (χ3n) is 2.77. The van der Waals surface area contributed by atoms with Crippen LogP contribution in [0.15, 0.2) is 30.3 Å². The molecule has 14 heavy (non-hydrogen) atoms. The molecule has 0 saturated heterocycles. The summed E-state index contributed by atoms with van der Waals surface area (Å²) in [4.78, 5) is 11.0. The van der Waals surface area contributed by atoms with Crippen molar-refractivity contribution in [2.75, 3.05) is 0 Å². The maximum atomic E-state index is 11.0. The number of hydrogen-bond donors (Lipinski definition) is 0. The molecule has 0 spiro atoms. The standard InChI is InChI=1S/C12H14O2/c1-9-11(13)7-12(9)14-8-10-5-3-2-4-6-10/h2-6,9,12H,7-8H2,1H3/t9-,12+/m0/s1. The molecule has 1 aliphatic rings. The maximum Gasteiger partial charge on any atom is 0.140 e. The van der Waals surface area contributed by atoms with E-state index in [1.54, 1.807) is 0 Å². The van der Waals surface area contributed by atoms with Gasteiger partial charge in [-0.1, -0.05) is 37.3 Å². The van der Waals surface area contributed by atoms with Gasteiger partial charge in [-0.15, -0.1) is 0 Å². The van der Waals surface area contributed by atoms with E-state index in [4.69, 9.17) is 4.74 Å². The van der Waals surface area contributed by atoms with Gasteiger partial charge in [-0.25, -0.2) is 0 Å². The van der Waals surface area contributed by atoms with Gasteiger partial charge in [0, 0.05) is 12.3 Å². The van der Waals surface area contributed by atoms with Crippen molar-refractivity contribution in [3.63, 3.8) is 0 Å². The minimum atomic E-state index is 0.0960. The van der Waals surface area contributed by atoms with E-state index in [1.807, 2.05) is 37.3 Å². The number of hydrogen-bond acceptors (Lipinski definition) is 2. The number of carbonyl (C=O) groups excluding carboxylic acids is 1. The highest BCUT2D eigenvalue weighted by molar-refractivity contribution is 5.87. The Morgan fingerprint density at radius 3 is 2.64 bits per heavy atom. The van der Waals surface area contributed by atoms with E-state index in [1.165, 1.54) is 5.56 Å². The molecule has 1 aromatic rings. The number of benzene rings is 1. The second kappa shape index (κ2) is 3.93. The monoisotopic (exact) mass is 190 g/mol. The number of ether oxygens (including phenoxy) is 1. The predicted molar refractivity (Wildman–Crippen MR) is 53.8 cm³/mol. The highest BCUT2D eigenvalue weighted by Crippen LogP contribution is 2.26. The molecule has 0 heterocycles. The second-order valence-electron chi connectivity index (χ2n) is 3.79. The Morgan fingerprint density at radius 1 is 1.36 bits per heavy atom. The van der Waals surface area contributed by atoms with Crippen LogP contribution in [0.5, 0.6) is 0 Å². The molecule has 0 aliphatic heterocycles. The molecule has 1 aliphatic carbocycles. The summed E-state index contributed by atoms with van der Waals surface area (Å²) in [7, 11) is 0. The molecular formula is C12H14O2. The van der Waals surface area contributed by atoms with E-state index in [0.717, 1.165) is 0 Å². The molecule has 2 nitrogen and oxygen atoms in total. The summed E-state index contributed by atoms with van der Waals surface area (Å²) in [5.41, 5.74) is 1.17. The second-order valence-corrected chi connectivity index (χ2v) is 3.79. The first-order valence-corrected chi connectivity index (χ1v) is 4.95. The number of Topliss-reactive ketones (excluding diaryl/α,β-unsaturated/α-hetero) is 1. The highest BCUT2D eigenvalue weighted by Gasteiger charge is 2.36. The van der Waals surface area contributed by atoms with Crippen LogP contribution in [-0.4, -0.2) is 11.9 Å². The lowest BCUT2D eigenvalue weighted by atomic mass is 9.82. The Kier molecular flexibility index (Phi) is 2.64. The van der Waals surface area contributed by atoms with Gasteiger partial charge >= 0.3 is 0 Å². The Bertz CT molecular complexity index is 318. The molecule has 0 amide bonds. The van der Waals surface area contributed by atoms with E-state index in [0.29, 0.717) is 18.8 Å². The first-order chi connectivity index (χ1) is 6.77. The smallest absolute Gasteiger partial charge is 0.140 e. The van der Waals surface area contributed by atoms with Gasteiger partial charge in [0.05, 0.1) is 12.7 Å². The van der Waals surface area contributed by atoms with Crippen molar-refractivity contribution in [2.24, 2.45) is 5.92 Å². The topological polar surface area (TPSA) is 26.3 Å². The summed E-state index contributed by atoms with van der Waals surface area (Å²) >= 11 is 0. The lowest BCUT2D eigenvalue weighted by Gasteiger charge is -2.31. The van der Waals surface area contributed by atoms with Gasteiger partial charge in [0.25, 0.3) is 0 Å². The SMILES string of the molecule is C[C@H]1C(=O)C[C@H]1OCc1ccccc1. The fraction of sp³-hybridized carbons (Fsp3) is 0.417. The molecule has 2 heteroatoms. The number of rotatable bonds is 3. The van der Waals surface area contributed by atoms with Crippen LogP contribution in [0.3, 0.4) is 0 Å². The van der Waals surface area contributed by atoms with Crippen LogP contribution in [0, 0.1) is 5.92 Å². The van der Waals surface area contributed by atoms with Crippen molar-refractivity contribution in [1.82, 2.24) is 0 Å². The molecule has 0 bridgehead atoms. The van der Waals surface area contributed by atoms with Crippen LogP contribution in [0.4, 0.5) is 0 Å². The van der Waals surface area contributed by atoms with E-state index >= 15 is 0 Å². The van der Waals surface area contributed by atoms with Crippen LogP contribution in [0.2, 0.25) is 0 Å². The first-order valence-electron chi connectivity index (χ1n) is 4.95. The minimum absolute atomic E-state index is 0.0960. The molecule has 1 fully saturated rings. The van der Waals surface area contributed by atoms with Crippen LogP contribution in [0.1, 0.15) is 18.9 Å². The zero-order valence-electron chi connectivity index (χ0n) is 8.27. The lowest BCUT2D eigenvalue weighted by molar-refractivity contribution is -0.144. The summed E-state index contributed by atoms with van der Waals surface area (Å²) in [6, 6.07) is 10.0. The van der Waals surface area contributed by atoms with E-state index in [-0.39, 0.29) is 12.0 Å². The largest absolute Gasteiger partial charge is 0.372 e. The summed E-state index contributed by atoms with van der Waals surface area (Å²) < 4.78 is 5.63. The quantitative estimate of drug-likeness (QED) is 0.730. The van der Waals surface area contributed by atoms with E-state index < -0.39 is 0 Å². The zero-order valence-corrected chi connectivity index (χ0v) is 8.27. The Morgan fingerprint density at radius 2 is 2.07 bits per heavy atom. The molecule has 1 saturated carbocycles. The van der Waals surface area contributed by atoms with Crippen LogP contribution >= 0.6 is 0 Å². The fourth-order valence-electron chi connectivity index (χ4n) is 1.59. The molecule has 1 aromatic carbocycles. The third kappa shape index (κ3) is 1.85. The Hall–Kier alpha value is -1.15. The lowest BCUT2D eigenvalue weighted by Crippen LogP contribution is -2.41. The average molecular weight is 190 g/mol. The van der Waals surface area contributed by atoms with Crippen molar-refractivity contribution < 1.29 is 9.53 Å². The molecule has 2 rings (SSSR count). The fourth-order valence-corrected chi connectivity index (χ4v) is 1.59. The molecule has 0 radical (unpaired) electrons. The van der Waals surface area contributed by atoms with Crippen molar-refractivity contribution in [2.45, 2.75) is 26.1 Å². The Balaban J connectivity index is 1.81. The Labute approximate surface area is 83.9 Å². The summed E-state index contributed by atoms with van der Waals surface area (Å²) in [6.45, 7) is 2.55. The van der Waals surface area contributed by atoms with Gasteiger partial charge in [-0.2, -0.15) is 0 Å². The number of carbonyl (C=O) groups is 1. The molecule has 74 valence electrons. The molecule has 0 aromatic heterocycles. The molecule has 0 N–H and O–H groups in total. The van der Waals surface area contributed by atoms with Gasteiger partial charge in [0.15, 0.2) is 0 Å². The van der Waals surface area contributed by atoms with Crippen LogP contribution in [0.25, 0.3) is 0 Å². The first kappa shape index (κ1) is 9.41. The number of ketones is 1. The predicted octanol–water partition coefficient (Wildman–Crippen LogP) is 2.18. The normalized spacial score (nSPS) is 25.9. The molecule has 0 unspecified atom stereocenters.